The second kappa shape index (κ2) is 5.73. The summed E-state index contributed by atoms with van der Waals surface area (Å²) in [7, 11) is 0. The minimum atomic E-state index is -4.80. The molecule has 4 nitrogen and oxygen atoms in total. The Morgan fingerprint density at radius 1 is 1.61 bits per heavy atom. The van der Waals surface area contributed by atoms with Crippen LogP contribution in [0.5, 0.6) is 0 Å². The van der Waals surface area contributed by atoms with Gasteiger partial charge in [0, 0.05) is 11.9 Å². The molecular formula is C10H7F3N2O2S. The van der Waals surface area contributed by atoms with Crippen LogP contribution < -0.4 is 0 Å². The molecule has 1 aromatic heterocycles. The number of rotatable bonds is 4. The molecule has 0 saturated heterocycles. The Kier molecular flexibility index (Phi) is 4.55. The Morgan fingerprint density at radius 2 is 2.28 bits per heavy atom. The van der Waals surface area contributed by atoms with Crippen molar-refractivity contribution in [3.05, 3.63) is 23.9 Å². The zero-order valence-electron chi connectivity index (χ0n) is 8.81. The van der Waals surface area contributed by atoms with Gasteiger partial charge in [0.05, 0.1) is 16.7 Å². The van der Waals surface area contributed by atoms with E-state index in [1.807, 2.05) is 6.07 Å². The quantitative estimate of drug-likeness (QED) is 0.854. The third kappa shape index (κ3) is 3.92. The highest BCUT2D eigenvalue weighted by Crippen LogP contribution is 2.31. The molecule has 0 aliphatic carbocycles. The molecule has 0 saturated carbocycles. The van der Waals surface area contributed by atoms with E-state index in [9.17, 15) is 18.0 Å². The fourth-order valence-electron chi connectivity index (χ4n) is 1.03. The van der Waals surface area contributed by atoms with E-state index in [4.69, 9.17) is 10.4 Å². The molecule has 1 rings (SSSR count). The lowest BCUT2D eigenvalue weighted by Gasteiger charge is -2.15. The second-order valence-electron chi connectivity index (χ2n) is 3.24. The first-order chi connectivity index (χ1) is 8.34. The summed E-state index contributed by atoms with van der Waals surface area (Å²) in [5, 5.41) is 17.3. The first kappa shape index (κ1) is 14.3. The molecule has 96 valence electrons. The molecule has 8 heteroatoms. The van der Waals surface area contributed by atoms with Crippen molar-refractivity contribution >= 4 is 17.7 Å². The normalized spacial score (nSPS) is 12.8. The fourth-order valence-corrected chi connectivity index (χ4v) is 2.05. The monoisotopic (exact) mass is 276 g/mol. The van der Waals surface area contributed by atoms with Gasteiger partial charge in [-0.2, -0.15) is 18.4 Å². The largest absolute Gasteiger partial charge is 0.481 e. The topological polar surface area (TPSA) is 74.0 Å². The number of alkyl halides is 3. The second-order valence-corrected chi connectivity index (χ2v) is 4.28. The van der Waals surface area contributed by atoms with Gasteiger partial charge in [-0.05, 0) is 12.1 Å². The number of hydrogen-bond donors (Lipinski definition) is 1. The smallest absolute Gasteiger partial charge is 0.403 e. The Morgan fingerprint density at radius 3 is 2.78 bits per heavy atom. The Labute approximate surface area is 104 Å². The summed E-state index contributed by atoms with van der Waals surface area (Å²) in [4.78, 5) is 14.2. The van der Waals surface area contributed by atoms with E-state index in [1.54, 1.807) is 0 Å². The first-order valence-corrected chi connectivity index (χ1v) is 5.61. The number of pyridine rings is 1. The molecule has 0 bridgehead atoms. The minimum Gasteiger partial charge on any atom is -0.481 e. The molecule has 0 aliphatic rings. The number of nitriles is 1. The number of aliphatic carboxylic acids is 1. The number of thioether (sulfide) groups is 1. The summed E-state index contributed by atoms with van der Waals surface area (Å²) in [6.07, 6.45) is -3.52. The van der Waals surface area contributed by atoms with Gasteiger partial charge in [0.25, 0.3) is 0 Å². The summed E-state index contributed by atoms with van der Waals surface area (Å²) in [5.41, 5.74) is 0.256. The van der Waals surface area contributed by atoms with E-state index < -0.39 is 23.8 Å². The number of carboxylic acid groups (broad SMARTS) is 1. The van der Waals surface area contributed by atoms with Crippen molar-refractivity contribution in [2.24, 2.45) is 5.92 Å². The Balaban J connectivity index is 2.74. The number of carbonyl (C=O) groups is 1. The summed E-state index contributed by atoms with van der Waals surface area (Å²) in [5.74, 6) is -5.05. The lowest BCUT2D eigenvalue weighted by Crippen LogP contribution is -2.32. The van der Waals surface area contributed by atoms with E-state index in [2.05, 4.69) is 4.98 Å². The van der Waals surface area contributed by atoms with Crippen LogP contribution in [0.15, 0.2) is 23.4 Å². The van der Waals surface area contributed by atoms with Crippen molar-refractivity contribution < 1.29 is 23.1 Å². The van der Waals surface area contributed by atoms with Crippen LogP contribution in [-0.2, 0) is 4.79 Å². The first-order valence-electron chi connectivity index (χ1n) is 4.63. The van der Waals surface area contributed by atoms with Crippen LogP contribution in [-0.4, -0.2) is 28.0 Å². The van der Waals surface area contributed by atoms with Gasteiger partial charge in [-0.1, -0.05) is 0 Å². The highest BCUT2D eigenvalue weighted by atomic mass is 32.2. The SMILES string of the molecule is N#Cc1ccnc(SCC(C(=O)O)C(F)(F)F)c1. The third-order valence-electron chi connectivity index (χ3n) is 1.96. The van der Waals surface area contributed by atoms with Gasteiger partial charge in [-0.15, -0.1) is 11.8 Å². The van der Waals surface area contributed by atoms with E-state index in [1.165, 1.54) is 18.3 Å². The predicted octanol–water partition coefficient (Wildman–Crippen LogP) is 2.31. The van der Waals surface area contributed by atoms with Crippen LogP contribution in [0.25, 0.3) is 0 Å². The van der Waals surface area contributed by atoms with Crippen molar-refractivity contribution in [3.63, 3.8) is 0 Å². The maximum atomic E-state index is 12.4. The molecule has 18 heavy (non-hydrogen) atoms. The zero-order chi connectivity index (χ0) is 13.8. The summed E-state index contributed by atoms with van der Waals surface area (Å²) in [6.45, 7) is 0. The van der Waals surface area contributed by atoms with Crippen LogP contribution in [0, 0.1) is 17.2 Å². The van der Waals surface area contributed by atoms with Crippen LogP contribution in [0.4, 0.5) is 13.2 Å². The highest BCUT2D eigenvalue weighted by molar-refractivity contribution is 7.99. The number of halogens is 3. The minimum absolute atomic E-state index is 0.185. The van der Waals surface area contributed by atoms with Gasteiger partial charge in [0.2, 0.25) is 0 Å². The number of nitrogens with zero attached hydrogens (tertiary/aromatic N) is 2. The fraction of sp³-hybridized carbons (Fsp3) is 0.300. The molecule has 1 heterocycles. The van der Waals surface area contributed by atoms with Crippen LogP contribution >= 0.6 is 11.8 Å². The van der Waals surface area contributed by atoms with Gasteiger partial charge in [0.15, 0.2) is 5.92 Å². The van der Waals surface area contributed by atoms with E-state index >= 15 is 0 Å². The summed E-state index contributed by atoms with van der Waals surface area (Å²) in [6, 6.07) is 4.53. The average molecular weight is 276 g/mol. The van der Waals surface area contributed by atoms with Crippen LogP contribution in [0.2, 0.25) is 0 Å². The van der Waals surface area contributed by atoms with Crippen LogP contribution in [0.3, 0.4) is 0 Å². The highest BCUT2D eigenvalue weighted by Gasteiger charge is 2.44. The van der Waals surface area contributed by atoms with Crippen molar-refractivity contribution in [3.8, 4) is 6.07 Å². The standard InChI is InChI=1S/C10H7F3N2O2S/c11-10(12,13)7(9(16)17)5-18-8-3-6(4-14)1-2-15-8/h1-3,7H,5H2,(H,16,17). The number of aromatic nitrogens is 1. The Bertz CT molecular complexity index is 485. The maximum Gasteiger partial charge on any atom is 0.403 e. The molecule has 0 aromatic carbocycles. The number of hydrogen-bond acceptors (Lipinski definition) is 4. The number of carboxylic acids is 1. The molecule has 0 spiro atoms. The molecule has 0 amide bonds. The molecule has 0 radical (unpaired) electrons. The summed E-state index contributed by atoms with van der Waals surface area (Å²) >= 11 is 0.650. The molecule has 1 N–H and O–H groups in total. The van der Waals surface area contributed by atoms with E-state index in [0.29, 0.717) is 11.8 Å². The van der Waals surface area contributed by atoms with E-state index in [0.717, 1.165) is 0 Å². The lowest BCUT2D eigenvalue weighted by molar-refractivity contribution is -0.188. The Hall–Kier alpha value is -1.75. The van der Waals surface area contributed by atoms with Gasteiger partial charge in [0.1, 0.15) is 0 Å². The van der Waals surface area contributed by atoms with Gasteiger partial charge < -0.3 is 5.11 Å². The predicted molar refractivity (Wildman–Crippen MR) is 56.9 cm³/mol. The molecule has 1 atom stereocenters. The third-order valence-corrected chi connectivity index (χ3v) is 2.97. The van der Waals surface area contributed by atoms with Crippen LogP contribution in [0.1, 0.15) is 5.56 Å². The van der Waals surface area contributed by atoms with Crippen molar-refractivity contribution in [2.45, 2.75) is 11.2 Å². The van der Waals surface area contributed by atoms with Crippen molar-refractivity contribution in [2.75, 3.05) is 5.75 Å². The van der Waals surface area contributed by atoms with Gasteiger partial charge >= 0.3 is 12.1 Å². The lowest BCUT2D eigenvalue weighted by atomic mass is 10.2. The maximum absolute atomic E-state index is 12.4. The van der Waals surface area contributed by atoms with Gasteiger partial charge in [-0.3, -0.25) is 4.79 Å². The van der Waals surface area contributed by atoms with Gasteiger partial charge in [-0.25, -0.2) is 4.98 Å². The van der Waals surface area contributed by atoms with Crippen molar-refractivity contribution in [1.29, 1.82) is 5.26 Å². The van der Waals surface area contributed by atoms with Crippen molar-refractivity contribution in [1.82, 2.24) is 4.98 Å². The van der Waals surface area contributed by atoms with E-state index in [-0.39, 0.29) is 10.6 Å². The zero-order valence-corrected chi connectivity index (χ0v) is 9.63. The molecular weight excluding hydrogens is 269 g/mol. The molecule has 1 aromatic rings. The summed E-state index contributed by atoms with van der Waals surface area (Å²) < 4.78 is 37.1. The average Bonchev–Trinajstić information content (AvgIpc) is 2.27. The molecule has 0 aliphatic heterocycles. The molecule has 0 fully saturated rings. The molecule has 1 unspecified atom stereocenters.